The van der Waals surface area contributed by atoms with Crippen molar-refractivity contribution >= 4 is 15.9 Å². The minimum absolute atomic E-state index is 0.0637. The maximum absolute atomic E-state index is 12.5. The number of sulfonamides is 1. The molecule has 1 aliphatic rings. The van der Waals surface area contributed by atoms with E-state index < -0.39 is 15.9 Å². The highest BCUT2D eigenvalue weighted by molar-refractivity contribution is 7.90. The number of nitrogens with one attached hydrogen (secondary N) is 1. The van der Waals surface area contributed by atoms with Gasteiger partial charge in [0.1, 0.15) is 0 Å². The second kappa shape index (κ2) is 7.33. The van der Waals surface area contributed by atoms with Gasteiger partial charge in [0.05, 0.1) is 18.1 Å². The summed E-state index contributed by atoms with van der Waals surface area (Å²) in [6.45, 7) is 2.78. The quantitative estimate of drug-likeness (QED) is 0.883. The smallest absolute Gasteiger partial charge is 0.265 e. The first-order chi connectivity index (χ1) is 12.0. The molecule has 1 atom stereocenters. The molecule has 1 fully saturated rings. The van der Waals surface area contributed by atoms with Gasteiger partial charge in [-0.3, -0.25) is 9.78 Å². The Morgan fingerprint density at radius 2 is 2.12 bits per heavy atom. The van der Waals surface area contributed by atoms with Gasteiger partial charge in [0.2, 0.25) is 10.0 Å². The second-order valence-electron chi connectivity index (χ2n) is 6.14. The monoisotopic (exact) mass is 360 g/mol. The zero-order chi connectivity index (χ0) is 17.9. The number of hydrogen-bond donors (Lipinski definition) is 1. The zero-order valence-corrected chi connectivity index (χ0v) is 14.8. The fourth-order valence-electron chi connectivity index (χ4n) is 2.94. The van der Waals surface area contributed by atoms with Crippen molar-refractivity contribution in [3.8, 4) is 11.3 Å². The van der Waals surface area contributed by atoms with E-state index in [4.69, 9.17) is 4.74 Å². The molecule has 0 radical (unpaired) electrons. The minimum Gasteiger partial charge on any atom is -0.381 e. The van der Waals surface area contributed by atoms with Crippen molar-refractivity contribution in [2.24, 2.45) is 5.92 Å². The van der Waals surface area contributed by atoms with E-state index in [2.05, 4.69) is 9.71 Å². The minimum atomic E-state index is -3.70. The van der Waals surface area contributed by atoms with Crippen molar-refractivity contribution < 1.29 is 17.9 Å². The third-order valence-corrected chi connectivity index (χ3v) is 5.65. The van der Waals surface area contributed by atoms with Crippen LogP contribution in [0.1, 0.15) is 22.3 Å². The molecular weight excluding hydrogens is 340 g/mol. The van der Waals surface area contributed by atoms with Gasteiger partial charge in [-0.1, -0.05) is 18.2 Å². The molecule has 0 bridgehead atoms. The SMILES string of the molecule is Cc1c(C(=O)NS(=O)(=O)CC2CCOC2)cccc1-c1ccccn1. The van der Waals surface area contributed by atoms with Crippen molar-refractivity contribution in [2.75, 3.05) is 19.0 Å². The molecule has 2 aromatic rings. The molecule has 1 aliphatic heterocycles. The first kappa shape index (κ1) is 17.6. The van der Waals surface area contributed by atoms with Crippen LogP contribution in [0.3, 0.4) is 0 Å². The van der Waals surface area contributed by atoms with Crippen LogP contribution in [-0.4, -0.2) is 38.3 Å². The molecule has 1 saturated heterocycles. The van der Waals surface area contributed by atoms with E-state index in [1.54, 1.807) is 25.3 Å². The van der Waals surface area contributed by atoms with Crippen LogP contribution in [0.25, 0.3) is 11.3 Å². The Bertz CT molecular complexity index is 860. The Balaban J connectivity index is 1.80. The number of carbonyl (C=O) groups is 1. The van der Waals surface area contributed by atoms with E-state index in [9.17, 15) is 13.2 Å². The fraction of sp³-hybridized carbons (Fsp3) is 0.333. The summed E-state index contributed by atoms with van der Waals surface area (Å²) in [7, 11) is -3.70. The van der Waals surface area contributed by atoms with Crippen LogP contribution in [-0.2, 0) is 14.8 Å². The van der Waals surface area contributed by atoms with Crippen LogP contribution < -0.4 is 4.72 Å². The lowest BCUT2D eigenvalue weighted by Gasteiger charge is -2.13. The van der Waals surface area contributed by atoms with Crippen molar-refractivity contribution in [1.82, 2.24) is 9.71 Å². The Morgan fingerprint density at radius 3 is 2.80 bits per heavy atom. The van der Waals surface area contributed by atoms with E-state index in [1.165, 1.54) is 0 Å². The second-order valence-corrected chi connectivity index (χ2v) is 7.90. The molecule has 1 aromatic carbocycles. The standard InChI is InChI=1S/C18H20N2O4S/c1-13-15(17-7-2-3-9-19-17)5-4-6-16(13)18(21)20-25(22,23)12-14-8-10-24-11-14/h2-7,9,14H,8,10-12H2,1H3,(H,20,21). The number of ether oxygens (including phenoxy) is 1. The summed E-state index contributed by atoms with van der Waals surface area (Å²) in [5, 5.41) is 0. The Kier molecular flexibility index (Phi) is 5.15. The molecule has 0 aliphatic carbocycles. The molecule has 132 valence electrons. The number of nitrogens with zero attached hydrogens (tertiary/aromatic N) is 1. The Hall–Kier alpha value is -2.25. The van der Waals surface area contributed by atoms with Crippen molar-refractivity contribution in [1.29, 1.82) is 0 Å². The molecule has 7 heteroatoms. The van der Waals surface area contributed by atoms with E-state index in [1.807, 2.05) is 24.3 Å². The first-order valence-corrected chi connectivity index (χ1v) is 9.75. The van der Waals surface area contributed by atoms with E-state index >= 15 is 0 Å². The average Bonchev–Trinajstić information content (AvgIpc) is 3.07. The van der Waals surface area contributed by atoms with Crippen LogP contribution in [0.4, 0.5) is 0 Å². The summed E-state index contributed by atoms with van der Waals surface area (Å²) in [5.41, 5.74) is 2.56. The Labute approximate surface area is 147 Å². The molecule has 1 unspecified atom stereocenters. The van der Waals surface area contributed by atoms with Crippen molar-refractivity contribution in [3.63, 3.8) is 0 Å². The van der Waals surface area contributed by atoms with Crippen LogP contribution in [0.5, 0.6) is 0 Å². The van der Waals surface area contributed by atoms with Crippen molar-refractivity contribution in [3.05, 3.63) is 53.7 Å². The van der Waals surface area contributed by atoms with E-state index in [-0.39, 0.29) is 11.7 Å². The molecule has 3 rings (SSSR count). The zero-order valence-electron chi connectivity index (χ0n) is 13.9. The van der Waals surface area contributed by atoms with Gasteiger partial charge in [0.15, 0.2) is 0 Å². The summed E-state index contributed by atoms with van der Waals surface area (Å²) in [6.07, 6.45) is 2.37. The van der Waals surface area contributed by atoms with Gasteiger partial charge in [-0.05, 0) is 37.1 Å². The maximum Gasteiger partial charge on any atom is 0.265 e. The van der Waals surface area contributed by atoms with Gasteiger partial charge in [-0.2, -0.15) is 0 Å². The highest BCUT2D eigenvalue weighted by Crippen LogP contribution is 2.24. The van der Waals surface area contributed by atoms with Crippen LogP contribution in [0.2, 0.25) is 0 Å². The highest BCUT2D eigenvalue weighted by Gasteiger charge is 2.25. The lowest BCUT2D eigenvalue weighted by Crippen LogP contribution is -2.35. The van der Waals surface area contributed by atoms with E-state index in [0.717, 1.165) is 11.3 Å². The van der Waals surface area contributed by atoms with Crippen LogP contribution in [0, 0.1) is 12.8 Å². The van der Waals surface area contributed by atoms with Gasteiger partial charge >= 0.3 is 0 Å². The molecule has 6 nitrogen and oxygen atoms in total. The number of carbonyl (C=O) groups excluding carboxylic acids is 1. The van der Waals surface area contributed by atoms with Gasteiger partial charge in [0, 0.05) is 29.8 Å². The molecule has 0 saturated carbocycles. The molecule has 2 heterocycles. The molecule has 1 amide bonds. The summed E-state index contributed by atoms with van der Waals surface area (Å²) >= 11 is 0. The summed E-state index contributed by atoms with van der Waals surface area (Å²) in [5.74, 6) is -0.780. The predicted octanol–water partition coefficient (Wildman–Crippen LogP) is 2.15. The van der Waals surface area contributed by atoms with Crippen LogP contribution in [0.15, 0.2) is 42.6 Å². The van der Waals surface area contributed by atoms with Gasteiger partial charge in [-0.25, -0.2) is 13.1 Å². The predicted molar refractivity (Wildman–Crippen MR) is 94.6 cm³/mol. The Morgan fingerprint density at radius 1 is 1.28 bits per heavy atom. The first-order valence-electron chi connectivity index (χ1n) is 8.10. The van der Waals surface area contributed by atoms with Crippen molar-refractivity contribution in [2.45, 2.75) is 13.3 Å². The third kappa shape index (κ3) is 4.24. The largest absolute Gasteiger partial charge is 0.381 e. The summed E-state index contributed by atoms with van der Waals surface area (Å²) in [6, 6.07) is 10.7. The van der Waals surface area contributed by atoms with Crippen LogP contribution >= 0.6 is 0 Å². The number of pyridine rings is 1. The normalized spacial score (nSPS) is 17.4. The maximum atomic E-state index is 12.5. The number of aromatic nitrogens is 1. The molecule has 0 spiro atoms. The third-order valence-electron chi connectivity index (χ3n) is 4.25. The van der Waals surface area contributed by atoms with Gasteiger partial charge in [0.25, 0.3) is 5.91 Å². The lowest BCUT2D eigenvalue weighted by molar-refractivity contribution is 0.0980. The van der Waals surface area contributed by atoms with Gasteiger partial charge < -0.3 is 4.74 Å². The van der Waals surface area contributed by atoms with Gasteiger partial charge in [-0.15, -0.1) is 0 Å². The topological polar surface area (TPSA) is 85.4 Å². The molecular formula is C18H20N2O4S. The number of amides is 1. The molecule has 1 N–H and O–H groups in total. The molecule has 1 aromatic heterocycles. The highest BCUT2D eigenvalue weighted by atomic mass is 32.2. The summed E-state index contributed by atoms with van der Waals surface area (Å²) in [4.78, 5) is 16.8. The van der Waals surface area contributed by atoms with E-state index in [0.29, 0.717) is 30.8 Å². The fourth-order valence-corrected chi connectivity index (χ4v) is 4.30. The number of hydrogen-bond acceptors (Lipinski definition) is 5. The number of rotatable bonds is 5. The lowest BCUT2D eigenvalue weighted by atomic mass is 9.99. The number of benzene rings is 1. The average molecular weight is 360 g/mol. The summed E-state index contributed by atoms with van der Waals surface area (Å²) < 4.78 is 31.8. The molecule has 25 heavy (non-hydrogen) atoms.